The van der Waals surface area contributed by atoms with Gasteiger partial charge in [0, 0.05) is 0 Å². The van der Waals surface area contributed by atoms with Crippen molar-refractivity contribution in [3.05, 3.63) is 12.3 Å². The number of rotatable bonds is 1. The summed E-state index contributed by atoms with van der Waals surface area (Å²) in [5.74, 6) is 0.752. The van der Waals surface area contributed by atoms with E-state index in [4.69, 9.17) is 11.6 Å². The van der Waals surface area contributed by atoms with Crippen LogP contribution in [0.3, 0.4) is 0 Å². The molecule has 0 aliphatic heterocycles. The maximum Gasteiger partial charge on any atom is 0.230 e. The number of aromatic nitrogens is 2. The van der Waals surface area contributed by atoms with Crippen molar-refractivity contribution in [2.45, 2.75) is 5.88 Å². The summed E-state index contributed by atoms with van der Waals surface area (Å²) in [7, 11) is 0. The lowest BCUT2D eigenvalue weighted by Crippen LogP contribution is -1.73. The Labute approximate surface area is 45.3 Å². The minimum Gasteiger partial charge on any atom is -0.427 e. The molecule has 0 radical (unpaired) electrons. The Morgan fingerprint density at radius 1 is 1.86 bits per heavy atom. The predicted molar refractivity (Wildman–Crippen MR) is 23.9 cm³/mol. The van der Waals surface area contributed by atoms with Gasteiger partial charge in [-0.1, -0.05) is 0 Å². The third kappa shape index (κ3) is 0.899. The normalized spacial score (nSPS) is 9.29. The highest BCUT2D eigenvalue weighted by molar-refractivity contribution is 6.16. The fourth-order valence-corrected chi connectivity index (χ4v) is 0.371. The average molecular weight is 119 g/mol. The second kappa shape index (κ2) is 1.93. The summed E-state index contributed by atoms with van der Waals surface area (Å²) in [5, 5.41) is 6.88. The number of alkyl halides is 1. The first-order valence-electron chi connectivity index (χ1n) is 1.74. The van der Waals surface area contributed by atoms with E-state index in [0.717, 1.165) is 0 Å². The molecule has 0 bridgehead atoms. The predicted octanol–water partition coefficient (Wildman–Crippen LogP) is 0.808. The molecule has 4 heteroatoms. The van der Waals surface area contributed by atoms with Crippen molar-refractivity contribution >= 4 is 11.6 Å². The molecule has 7 heavy (non-hydrogen) atoms. The highest BCUT2D eigenvalue weighted by Gasteiger charge is 1.89. The van der Waals surface area contributed by atoms with E-state index in [-0.39, 0.29) is 0 Å². The van der Waals surface area contributed by atoms with E-state index in [1.165, 1.54) is 6.39 Å². The molecule has 0 unspecified atom stereocenters. The molecule has 0 spiro atoms. The van der Waals surface area contributed by atoms with E-state index < -0.39 is 0 Å². The Hall–Kier alpha value is -0.570. The average Bonchev–Trinajstić information content (AvgIpc) is 2.14. The minimum absolute atomic E-state index is 0.292. The molecule has 1 aromatic rings. The molecule has 38 valence electrons. The first-order chi connectivity index (χ1) is 3.43. The second-order valence-electron chi connectivity index (χ2n) is 0.966. The largest absolute Gasteiger partial charge is 0.427 e. The van der Waals surface area contributed by atoms with Crippen LogP contribution in [0.25, 0.3) is 0 Å². The monoisotopic (exact) mass is 118 g/mol. The quantitative estimate of drug-likeness (QED) is 0.512. The van der Waals surface area contributed by atoms with Gasteiger partial charge in [-0.05, 0) is 0 Å². The van der Waals surface area contributed by atoms with Crippen LogP contribution in [0.5, 0.6) is 0 Å². The van der Waals surface area contributed by atoms with Gasteiger partial charge in [0.1, 0.15) is 5.88 Å². The van der Waals surface area contributed by atoms with Gasteiger partial charge in [0.15, 0.2) is 0 Å². The van der Waals surface area contributed by atoms with Crippen LogP contribution < -0.4 is 0 Å². The van der Waals surface area contributed by atoms with Gasteiger partial charge in [0.05, 0.1) is 0 Å². The number of halogens is 1. The molecule has 3 nitrogen and oxygen atoms in total. The molecule has 0 aliphatic carbocycles. The maximum atomic E-state index is 5.27. The third-order valence-electron chi connectivity index (χ3n) is 0.519. The second-order valence-corrected chi connectivity index (χ2v) is 1.23. The smallest absolute Gasteiger partial charge is 0.230 e. The fourth-order valence-electron chi connectivity index (χ4n) is 0.254. The van der Waals surface area contributed by atoms with Crippen LogP contribution in [-0.2, 0) is 5.88 Å². The topological polar surface area (TPSA) is 38.9 Å². The molecule has 0 amide bonds. The molecule has 0 fully saturated rings. The van der Waals surface area contributed by atoms with Crippen molar-refractivity contribution in [1.29, 1.82) is 0 Å². The summed E-state index contributed by atoms with van der Waals surface area (Å²) in [6.07, 6.45) is 1.25. The van der Waals surface area contributed by atoms with E-state index in [0.29, 0.717) is 11.8 Å². The zero-order valence-electron chi connectivity index (χ0n) is 3.47. The Morgan fingerprint density at radius 3 is 3.00 bits per heavy atom. The van der Waals surface area contributed by atoms with E-state index >= 15 is 0 Å². The van der Waals surface area contributed by atoms with Gasteiger partial charge >= 0.3 is 0 Å². The van der Waals surface area contributed by atoms with Crippen molar-refractivity contribution in [1.82, 2.24) is 10.2 Å². The SMILES string of the molecule is ClCc1nnco1. The molecule has 1 aromatic heterocycles. The van der Waals surface area contributed by atoms with Crippen molar-refractivity contribution in [3.8, 4) is 0 Å². The molecule has 1 rings (SSSR count). The summed E-state index contributed by atoms with van der Waals surface area (Å²) < 4.78 is 4.63. The molecule has 1 heterocycles. The standard InChI is InChI=1S/C3H3ClN2O/c4-1-3-6-5-2-7-3/h2H,1H2. The van der Waals surface area contributed by atoms with Gasteiger partial charge in [-0.25, -0.2) is 0 Å². The molecule has 0 N–H and O–H groups in total. The van der Waals surface area contributed by atoms with Crippen molar-refractivity contribution in [3.63, 3.8) is 0 Å². The van der Waals surface area contributed by atoms with Crippen LogP contribution in [0, 0.1) is 0 Å². The third-order valence-corrected chi connectivity index (χ3v) is 0.748. The van der Waals surface area contributed by atoms with Gasteiger partial charge in [-0.3, -0.25) is 0 Å². The lowest BCUT2D eigenvalue weighted by molar-refractivity contribution is 0.513. The molecule has 0 aliphatic rings. The van der Waals surface area contributed by atoms with Crippen LogP contribution in [0.2, 0.25) is 0 Å². The van der Waals surface area contributed by atoms with Gasteiger partial charge in [-0.2, -0.15) is 0 Å². The zero-order valence-corrected chi connectivity index (χ0v) is 4.22. The van der Waals surface area contributed by atoms with E-state index in [1.807, 2.05) is 0 Å². The summed E-state index contributed by atoms with van der Waals surface area (Å²) in [6, 6.07) is 0. The fraction of sp³-hybridized carbons (Fsp3) is 0.333. The Bertz CT molecular complexity index is 127. The number of hydrogen-bond acceptors (Lipinski definition) is 3. The van der Waals surface area contributed by atoms with Crippen LogP contribution >= 0.6 is 11.6 Å². The summed E-state index contributed by atoms with van der Waals surface area (Å²) in [4.78, 5) is 0. The van der Waals surface area contributed by atoms with Crippen LogP contribution in [0.1, 0.15) is 5.89 Å². The highest BCUT2D eigenvalue weighted by Crippen LogP contribution is 1.94. The Morgan fingerprint density at radius 2 is 2.71 bits per heavy atom. The van der Waals surface area contributed by atoms with E-state index in [9.17, 15) is 0 Å². The maximum absolute atomic E-state index is 5.27. The highest BCUT2D eigenvalue weighted by atomic mass is 35.5. The molecular weight excluding hydrogens is 115 g/mol. The zero-order chi connectivity index (χ0) is 5.11. The number of nitrogens with zero attached hydrogens (tertiary/aromatic N) is 2. The van der Waals surface area contributed by atoms with Crippen LogP contribution in [0.15, 0.2) is 10.8 Å². The summed E-state index contributed by atoms with van der Waals surface area (Å²) >= 11 is 5.27. The van der Waals surface area contributed by atoms with Crippen molar-refractivity contribution in [2.24, 2.45) is 0 Å². The molecular formula is C3H3ClN2O. The summed E-state index contributed by atoms with van der Waals surface area (Å²) in [6.45, 7) is 0. The van der Waals surface area contributed by atoms with E-state index in [1.54, 1.807) is 0 Å². The Balaban J connectivity index is 2.76. The van der Waals surface area contributed by atoms with Crippen LogP contribution in [0.4, 0.5) is 0 Å². The van der Waals surface area contributed by atoms with Gasteiger partial charge in [-0.15, -0.1) is 21.8 Å². The first kappa shape index (κ1) is 4.59. The molecule has 0 saturated heterocycles. The van der Waals surface area contributed by atoms with Gasteiger partial charge in [0.2, 0.25) is 12.3 Å². The van der Waals surface area contributed by atoms with Crippen molar-refractivity contribution < 1.29 is 4.42 Å². The Kier molecular flexibility index (Phi) is 1.26. The number of hydrogen-bond donors (Lipinski definition) is 0. The lowest BCUT2D eigenvalue weighted by atomic mass is 10.8. The molecule has 0 aromatic carbocycles. The van der Waals surface area contributed by atoms with Crippen molar-refractivity contribution in [2.75, 3.05) is 0 Å². The van der Waals surface area contributed by atoms with Gasteiger partial charge in [0.25, 0.3) is 0 Å². The van der Waals surface area contributed by atoms with E-state index in [2.05, 4.69) is 14.6 Å². The lowest BCUT2D eigenvalue weighted by Gasteiger charge is -1.73. The molecule has 0 saturated carbocycles. The first-order valence-corrected chi connectivity index (χ1v) is 2.28. The minimum atomic E-state index is 0.292. The van der Waals surface area contributed by atoms with Crippen LogP contribution in [-0.4, -0.2) is 10.2 Å². The summed E-state index contributed by atoms with van der Waals surface area (Å²) in [5.41, 5.74) is 0. The van der Waals surface area contributed by atoms with Gasteiger partial charge < -0.3 is 4.42 Å². The molecule has 0 atom stereocenters.